The first-order chi connectivity index (χ1) is 12.1. The van der Waals surface area contributed by atoms with E-state index in [9.17, 15) is 14.4 Å². The van der Waals surface area contributed by atoms with Gasteiger partial charge in [-0.1, -0.05) is 18.2 Å². The molecule has 0 saturated carbocycles. The Morgan fingerprint density at radius 3 is 2.36 bits per heavy atom. The summed E-state index contributed by atoms with van der Waals surface area (Å²) in [6.07, 6.45) is 0.767. The van der Waals surface area contributed by atoms with Crippen molar-refractivity contribution in [2.24, 2.45) is 0 Å². The molecule has 6 nitrogen and oxygen atoms in total. The van der Waals surface area contributed by atoms with Gasteiger partial charge in [-0.2, -0.15) is 5.26 Å². The third kappa shape index (κ3) is 3.12. The van der Waals surface area contributed by atoms with Crippen molar-refractivity contribution in [1.29, 1.82) is 5.26 Å². The smallest absolute Gasteiger partial charge is 0.338 e. The zero-order chi connectivity index (χ0) is 17.8. The van der Waals surface area contributed by atoms with Crippen molar-refractivity contribution in [1.82, 2.24) is 0 Å². The van der Waals surface area contributed by atoms with Crippen LogP contribution in [-0.2, 0) is 4.74 Å². The zero-order valence-electron chi connectivity index (χ0n) is 13.3. The van der Waals surface area contributed by atoms with Crippen molar-refractivity contribution in [2.75, 3.05) is 11.5 Å². The van der Waals surface area contributed by atoms with Crippen molar-refractivity contribution < 1.29 is 19.1 Å². The van der Waals surface area contributed by atoms with Crippen LogP contribution in [0.15, 0.2) is 48.5 Å². The van der Waals surface area contributed by atoms with Gasteiger partial charge in [0.1, 0.15) is 0 Å². The lowest BCUT2D eigenvalue weighted by Gasteiger charge is -2.14. The van der Waals surface area contributed by atoms with Gasteiger partial charge in [0.15, 0.2) is 0 Å². The Hall–Kier alpha value is -3.46. The fourth-order valence-electron chi connectivity index (χ4n) is 2.60. The molecule has 3 rings (SSSR count). The van der Waals surface area contributed by atoms with Crippen molar-refractivity contribution >= 4 is 23.5 Å². The summed E-state index contributed by atoms with van der Waals surface area (Å²) in [7, 11) is 0. The Balaban J connectivity index is 1.81. The van der Waals surface area contributed by atoms with Crippen LogP contribution >= 0.6 is 0 Å². The maximum atomic E-state index is 12.5. The molecule has 2 aromatic carbocycles. The van der Waals surface area contributed by atoms with Gasteiger partial charge in [0, 0.05) is 6.42 Å². The van der Waals surface area contributed by atoms with Crippen LogP contribution in [0.5, 0.6) is 0 Å². The Labute approximate surface area is 144 Å². The first kappa shape index (κ1) is 16.4. The molecule has 0 fully saturated rings. The molecule has 2 amide bonds. The number of amides is 2. The number of imide groups is 1. The second-order valence-corrected chi connectivity index (χ2v) is 5.44. The quantitative estimate of drug-likeness (QED) is 0.476. The van der Waals surface area contributed by atoms with E-state index < -0.39 is 17.8 Å². The number of carbonyl (C=O) groups is 3. The average molecular weight is 334 g/mol. The number of benzene rings is 2. The minimum Gasteiger partial charge on any atom is -0.462 e. The highest BCUT2D eigenvalue weighted by Gasteiger charge is 2.36. The number of rotatable bonds is 5. The third-order valence-electron chi connectivity index (χ3n) is 3.80. The van der Waals surface area contributed by atoms with Crippen LogP contribution in [0.25, 0.3) is 0 Å². The molecule has 0 aliphatic carbocycles. The molecule has 25 heavy (non-hydrogen) atoms. The maximum Gasteiger partial charge on any atom is 0.338 e. The van der Waals surface area contributed by atoms with E-state index in [0.29, 0.717) is 29.7 Å². The van der Waals surface area contributed by atoms with Gasteiger partial charge in [0.25, 0.3) is 11.8 Å². The van der Waals surface area contributed by atoms with Gasteiger partial charge in [0.05, 0.1) is 35.1 Å². The zero-order valence-corrected chi connectivity index (χ0v) is 13.3. The maximum absolute atomic E-state index is 12.5. The van der Waals surface area contributed by atoms with E-state index in [4.69, 9.17) is 10.00 Å². The summed E-state index contributed by atoms with van der Waals surface area (Å²) in [5.74, 6) is -1.39. The molecule has 124 valence electrons. The Kier molecular flexibility index (Phi) is 4.57. The summed E-state index contributed by atoms with van der Waals surface area (Å²) in [5, 5.41) is 8.47. The fraction of sp³-hybridized carbons (Fsp3) is 0.158. The standard InChI is InChI=1S/C19H14N2O4/c20-10-3-4-11-25-19(24)13-6-5-7-14(12-13)21-17(22)15-8-1-2-9-16(15)18(21)23/h1-2,5-9,12H,3-4,11H2. The van der Waals surface area contributed by atoms with E-state index in [0.717, 1.165) is 4.90 Å². The van der Waals surface area contributed by atoms with Gasteiger partial charge in [-0.3, -0.25) is 9.59 Å². The number of hydrogen-bond acceptors (Lipinski definition) is 5. The first-order valence-electron chi connectivity index (χ1n) is 7.75. The van der Waals surface area contributed by atoms with Gasteiger partial charge in [-0.15, -0.1) is 0 Å². The van der Waals surface area contributed by atoms with Gasteiger partial charge in [-0.25, -0.2) is 9.69 Å². The number of nitrogens with zero attached hydrogens (tertiary/aromatic N) is 2. The first-order valence-corrected chi connectivity index (χ1v) is 7.75. The SMILES string of the molecule is N#CCCCOC(=O)c1cccc(N2C(=O)c3ccccc3C2=O)c1. The van der Waals surface area contributed by atoms with E-state index >= 15 is 0 Å². The number of unbranched alkanes of at least 4 members (excludes halogenated alkanes) is 1. The fourth-order valence-corrected chi connectivity index (χ4v) is 2.60. The Morgan fingerprint density at radius 1 is 1.04 bits per heavy atom. The molecule has 1 aliphatic heterocycles. The van der Waals surface area contributed by atoms with Crippen LogP contribution in [0.4, 0.5) is 5.69 Å². The predicted molar refractivity (Wildman–Crippen MR) is 89.2 cm³/mol. The Bertz CT molecular complexity index is 863. The molecule has 2 aromatic rings. The van der Waals surface area contributed by atoms with E-state index in [-0.39, 0.29) is 12.2 Å². The molecule has 0 bridgehead atoms. The molecular weight excluding hydrogens is 320 g/mol. The van der Waals surface area contributed by atoms with E-state index in [1.54, 1.807) is 42.5 Å². The molecule has 0 unspecified atom stereocenters. The van der Waals surface area contributed by atoms with Crippen LogP contribution < -0.4 is 4.90 Å². The van der Waals surface area contributed by atoms with E-state index in [1.165, 1.54) is 6.07 Å². The second-order valence-electron chi connectivity index (χ2n) is 5.44. The topological polar surface area (TPSA) is 87.5 Å². The number of ether oxygens (including phenoxy) is 1. The molecule has 0 spiro atoms. The summed E-state index contributed by atoms with van der Waals surface area (Å²) in [6.45, 7) is 0.142. The van der Waals surface area contributed by atoms with Crippen LogP contribution in [0.1, 0.15) is 43.9 Å². The minimum absolute atomic E-state index is 0.142. The van der Waals surface area contributed by atoms with Crippen LogP contribution in [0.3, 0.4) is 0 Å². The number of hydrogen-bond donors (Lipinski definition) is 0. The lowest BCUT2D eigenvalue weighted by Crippen LogP contribution is -2.29. The second kappa shape index (κ2) is 6.97. The molecule has 0 N–H and O–H groups in total. The number of carbonyl (C=O) groups excluding carboxylic acids is 3. The Morgan fingerprint density at radius 2 is 1.72 bits per heavy atom. The van der Waals surface area contributed by atoms with E-state index in [2.05, 4.69) is 0 Å². The normalized spacial score (nSPS) is 12.7. The van der Waals surface area contributed by atoms with Gasteiger partial charge in [-0.05, 0) is 36.8 Å². The lowest BCUT2D eigenvalue weighted by atomic mass is 10.1. The molecule has 6 heteroatoms. The van der Waals surface area contributed by atoms with E-state index in [1.807, 2.05) is 6.07 Å². The molecule has 1 aliphatic rings. The molecule has 1 heterocycles. The highest BCUT2D eigenvalue weighted by atomic mass is 16.5. The van der Waals surface area contributed by atoms with Crippen LogP contribution in [0.2, 0.25) is 0 Å². The third-order valence-corrected chi connectivity index (χ3v) is 3.80. The van der Waals surface area contributed by atoms with Gasteiger partial charge < -0.3 is 4.74 Å². The van der Waals surface area contributed by atoms with Crippen molar-refractivity contribution in [3.05, 3.63) is 65.2 Å². The monoisotopic (exact) mass is 334 g/mol. The molecule has 0 saturated heterocycles. The number of anilines is 1. The number of fused-ring (bicyclic) bond motifs is 1. The summed E-state index contributed by atoms with van der Waals surface area (Å²) >= 11 is 0. The van der Waals surface area contributed by atoms with Crippen LogP contribution in [-0.4, -0.2) is 24.4 Å². The molecular formula is C19H14N2O4. The molecule has 0 atom stereocenters. The minimum atomic E-state index is -0.559. The molecule has 0 aromatic heterocycles. The average Bonchev–Trinajstić information content (AvgIpc) is 2.90. The largest absolute Gasteiger partial charge is 0.462 e. The highest BCUT2D eigenvalue weighted by Crippen LogP contribution is 2.28. The van der Waals surface area contributed by atoms with Gasteiger partial charge in [0.2, 0.25) is 0 Å². The van der Waals surface area contributed by atoms with Crippen LogP contribution in [0, 0.1) is 11.3 Å². The summed E-state index contributed by atoms with van der Waals surface area (Å²) < 4.78 is 5.08. The van der Waals surface area contributed by atoms with Gasteiger partial charge >= 0.3 is 5.97 Å². The van der Waals surface area contributed by atoms with Crippen molar-refractivity contribution in [3.63, 3.8) is 0 Å². The van der Waals surface area contributed by atoms with Crippen molar-refractivity contribution in [2.45, 2.75) is 12.8 Å². The number of nitriles is 1. The predicted octanol–water partition coefficient (Wildman–Crippen LogP) is 2.95. The summed E-state index contributed by atoms with van der Waals surface area (Å²) in [5.41, 5.74) is 1.25. The summed E-state index contributed by atoms with van der Waals surface area (Å²) in [4.78, 5) is 38.1. The summed E-state index contributed by atoms with van der Waals surface area (Å²) in [6, 6.07) is 14.7. The number of esters is 1. The molecule has 0 radical (unpaired) electrons. The van der Waals surface area contributed by atoms with Crippen molar-refractivity contribution in [3.8, 4) is 6.07 Å². The highest BCUT2D eigenvalue weighted by molar-refractivity contribution is 6.34. The lowest BCUT2D eigenvalue weighted by molar-refractivity contribution is 0.0501.